The minimum atomic E-state index is 0.154. The average Bonchev–Trinajstić information content (AvgIpc) is 2.15. The van der Waals surface area contributed by atoms with Crippen molar-refractivity contribution in [3.8, 4) is 5.75 Å². The molecule has 1 aromatic carbocycles. The Balaban J connectivity index is 2.77. The highest BCUT2D eigenvalue weighted by Gasteiger charge is 1.97. The van der Waals surface area contributed by atoms with E-state index < -0.39 is 0 Å². The molecule has 0 aliphatic rings. The number of aliphatic hydroxyl groups is 1. The Hall–Kier alpha value is -1.48. The molecule has 2 N–H and O–H groups in total. The van der Waals surface area contributed by atoms with Crippen LogP contribution in [0.4, 0.5) is 0 Å². The Morgan fingerprint density at radius 3 is 2.54 bits per heavy atom. The number of benzene rings is 1. The molecule has 0 fully saturated rings. The second kappa shape index (κ2) is 4.52. The first-order chi connectivity index (χ1) is 6.24. The molecule has 0 aliphatic heterocycles. The van der Waals surface area contributed by atoms with Gasteiger partial charge in [-0.15, -0.1) is 0 Å². The third kappa shape index (κ3) is 2.80. The van der Waals surface area contributed by atoms with E-state index in [-0.39, 0.29) is 11.5 Å². The summed E-state index contributed by atoms with van der Waals surface area (Å²) in [5.74, 6) is 0.338. The third-order valence-corrected chi connectivity index (χ3v) is 1.61. The van der Waals surface area contributed by atoms with Crippen molar-refractivity contribution in [3.63, 3.8) is 0 Å². The lowest BCUT2D eigenvalue weighted by Crippen LogP contribution is -1.87. The largest absolute Gasteiger partial charge is 0.508 e. The van der Waals surface area contributed by atoms with E-state index >= 15 is 0 Å². The standard InChI is InChI=1S/C10H12O3/c1-13-7-6-10(12)8-2-4-9(11)5-3-8/h2-6,11-12H,7H2,1H3. The molecule has 0 aromatic heterocycles. The van der Waals surface area contributed by atoms with Gasteiger partial charge in [0.2, 0.25) is 0 Å². The van der Waals surface area contributed by atoms with E-state index in [2.05, 4.69) is 0 Å². The van der Waals surface area contributed by atoms with E-state index in [0.29, 0.717) is 12.2 Å². The average molecular weight is 180 g/mol. The van der Waals surface area contributed by atoms with Crippen molar-refractivity contribution in [1.82, 2.24) is 0 Å². The van der Waals surface area contributed by atoms with Gasteiger partial charge in [-0.05, 0) is 30.3 Å². The second-order valence-corrected chi connectivity index (χ2v) is 2.59. The summed E-state index contributed by atoms with van der Waals surface area (Å²) in [6.45, 7) is 0.368. The summed E-state index contributed by atoms with van der Waals surface area (Å²) < 4.78 is 4.77. The molecule has 3 nitrogen and oxygen atoms in total. The van der Waals surface area contributed by atoms with Gasteiger partial charge in [-0.1, -0.05) is 0 Å². The van der Waals surface area contributed by atoms with Crippen molar-refractivity contribution in [3.05, 3.63) is 35.9 Å². The highest BCUT2D eigenvalue weighted by Crippen LogP contribution is 2.15. The maximum absolute atomic E-state index is 9.44. The van der Waals surface area contributed by atoms with Crippen LogP contribution in [0.3, 0.4) is 0 Å². The number of aliphatic hydroxyl groups excluding tert-OH is 1. The molecule has 0 saturated carbocycles. The molecule has 3 heteroatoms. The van der Waals surface area contributed by atoms with E-state index in [4.69, 9.17) is 9.84 Å². The number of methoxy groups -OCH3 is 1. The Morgan fingerprint density at radius 2 is 2.00 bits per heavy atom. The van der Waals surface area contributed by atoms with Crippen LogP contribution in [0.25, 0.3) is 5.76 Å². The van der Waals surface area contributed by atoms with Crippen LogP contribution in [0, 0.1) is 0 Å². The SMILES string of the molecule is COCC=C(O)c1ccc(O)cc1. The fourth-order valence-electron chi connectivity index (χ4n) is 0.912. The molecular weight excluding hydrogens is 168 g/mol. The normalized spacial score (nSPS) is 11.6. The van der Waals surface area contributed by atoms with Gasteiger partial charge >= 0.3 is 0 Å². The van der Waals surface area contributed by atoms with Crippen molar-refractivity contribution in [2.45, 2.75) is 0 Å². The molecular formula is C10H12O3. The van der Waals surface area contributed by atoms with Crippen LogP contribution < -0.4 is 0 Å². The van der Waals surface area contributed by atoms with E-state index in [9.17, 15) is 5.11 Å². The van der Waals surface area contributed by atoms with Crippen LogP contribution in [0.2, 0.25) is 0 Å². The molecule has 0 spiro atoms. The van der Waals surface area contributed by atoms with E-state index in [1.165, 1.54) is 12.1 Å². The number of hydrogen-bond donors (Lipinski definition) is 2. The summed E-state index contributed by atoms with van der Waals surface area (Å²) >= 11 is 0. The fraction of sp³-hybridized carbons (Fsp3) is 0.200. The minimum Gasteiger partial charge on any atom is -0.508 e. The van der Waals surface area contributed by atoms with Crippen LogP contribution in [-0.4, -0.2) is 23.9 Å². The van der Waals surface area contributed by atoms with Crippen LogP contribution >= 0.6 is 0 Å². The quantitative estimate of drug-likeness (QED) is 0.699. The number of rotatable bonds is 3. The molecule has 0 heterocycles. The van der Waals surface area contributed by atoms with E-state index in [1.807, 2.05) is 0 Å². The first kappa shape index (κ1) is 9.61. The summed E-state index contributed by atoms with van der Waals surface area (Å²) in [7, 11) is 1.56. The zero-order valence-electron chi connectivity index (χ0n) is 7.40. The lowest BCUT2D eigenvalue weighted by atomic mass is 10.2. The van der Waals surface area contributed by atoms with Crippen molar-refractivity contribution in [1.29, 1.82) is 0 Å². The highest BCUT2D eigenvalue weighted by atomic mass is 16.5. The Kier molecular flexibility index (Phi) is 3.34. The van der Waals surface area contributed by atoms with Crippen LogP contribution in [-0.2, 0) is 4.74 Å². The molecule has 0 aliphatic carbocycles. The number of phenols is 1. The molecule has 0 bridgehead atoms. The molecule has 0 radical (unpaired) electrons. The van der Waals surface area contributed by atoms with Gasteiger partial charge in [0, 0.05) is 12.7 Å². The first-order valence-corrected chi connectivity index (χ1v) is 3.91. The van der Waals surface area contributed by atoms with Gasteiger partial charge in [0.05, 0.1) is 6.61 Å². The minimum absolute atomic E-state index is 0.154. The Labute approximate surface area is 76.9 Å². The van der Waals surface area contributed by atoms with Crippen molar-refractivity contribution < 1.29 is 14.9 Å². The summed E-state index contributed by atoms with van der Waals surface area (Å²) in [6.07, 6.45) is 1.56. The number of ether oxygens (including phenoxy) is 1. The van der Waals surface area contributed by atoms with E-state index in [0.717, 1.165) is 0 Å². The van der Waals surface area contributed by atoms with Crippen LogP contribution in [0.15, 0.2) is 30.3 Å². The van der Waals surface area contributed by atoms with Gasteiger partial charge in [-0.2, -0.15) is 0 Å². The van der Waals surface area contributed by atoms with Gasteiger partial charge in [-0.25, -0.2) is 0 Å². The first-order valence-electron chi connectivity index (χ1n) is 3.91. The molecule has 13 heavy (non-hydrogen) atoms. The van der Waals surface area contributed by atoms with Gasteiger partial charge in [-0.3, -0.25) is 0 Å². The second-order valence-electron chi connectivity index (χ2n) is 2.59. The molecule has 1 rings (SSSR count). The van der Waals surface area contributed by atoms with Crippen LogP contribution in [0.5, 0.6) is 5.75 Å². The zero-order chi connectivity index (χ0) is 9.68. The number of phenolic OH excluding ortho intramolecular Hbond substituents is 1. The highest BCUT2D eigenvalue weighted by molar-refractivity contribution is 5.58. The maximum Gasteiger partial charge on any atom is 0.121 e. The topological polar surface area (TPSA) is 49.7 Å². The van der Waals surface area contributed by atoms with Crippen molar-refractivity contribution in [2.75, 3.05) is 13.7 Å². The number of aromatic hydroxyl groups is 1. The lowest BCUT2D eigenvalue weighted by molar-refractivity contribution is 0.232. The maximum atomic E-state index is 9.44. The monoisotopic (exact) mass is 180 g/mol. The van der Waals surface area contributed by atoms with Gasteiger partial charge in [0.15, 0.2) is 0 Å². The van der Waals surface area contributed by atoms with Crippen molar-refractivity contribution >= 4 is 5.76 Å². The molecule has 70 valence electrons. The van der Waals surface area contributed by atoms with Gasteiger partial charge in [0.1, 0.15) is 11.5 Å². The Bertz CT molecular complexity index is 288. The molecule has 0 unspecified atom stereocenters. The van der Waals surface area contributed by atoms with E-state index in [1.54, 1.807) is 25.3 Å². The molecule has 0 atom stereocenters. The summed E-state index contributed by atoms with van der Waals surface area (Å²) in [5.41, 5.74) is 0.662. The summed E-state index contributed by atoms with van der Waals surface area (Å²) in [6, 6.07) is 6.31. The lowest BCUT2D eigenvalue weighted by Gasteiger charge is -2.00. The summed E-state index contributed by atoms with van der Waals surface area (Å²) in [4.78, 5) is 0. The van der Waals surface area contributed by atoms with Crippen LogP contribution in [0.1, 0.15) is 5.56 Å². The van der Waals surface area contributed by atoms with Gasteiger partial charge < -0.3 is 14.9 Å². The van der Waals surface area contributed by atoms with Gasteiger partial charge in [0.25, 0.3) is 0 Å². The third-order valence-electron chi connectivity index (χ3n) is 1.61. The smallest absolute Gasteiger partial charge is 0.121 e. The fourth-order valence-corrected chi connectivity index (χ4v) is 0.912. The predicted octanol–water partition coefficient (Wildman–Crippen LogP) is 1.94. The molecule has 0 amide bonds. The Morgan fingerprint density at radius 1 is 1.38 bits per heavy atom. The predicted molar refractivity (Wildman–Crippen MR) is 50.6 cm³/mol. The zero-order valence-corrected chi connectivity index (χ0v) is 7.40. The number of hydrogen-bond acceptors (Lipinski definition) is 3. The molecule has 1 aromatic rings. The summed E-state index contributed by atoms with van der Waals surface area (Å²) in [5, 5.41) is 18.4. The van der Waals surface area contributed by atoms with Crippen molar-refractivity contribution in [2.24, 2.45) is 0 Å². The molecule has 0 saturated heterocycles.